The largest absolute Gasteiger partial charge is 0.508 e. The summed E-state index contributed by atoms with van der Waals surface area (Å²) in [5.74, 6) is 0.237. The molecule has 4 heteroatoms. The average Bonchev–Trinajstić information content (AvgIpc) is 2.69. The number of nitrogens with zero attached hydrogens (tertiary/aromatic N) is 1. The summed E-state index contributed by atoms with van der Waals surface area (Å²) in [5, 5.41) is 13.1. The van der Waals surface area contributed by atoms with Crippen LogP contribution in [0.25, 0.3) is 0 Å². The first-order valence-electron chi connectivity index (χ1n) is 8.72. The van der Waals surface area contributed by atoms with E-state index in [0.717, 1.165) is 17.7 Å². The van der Waals surface area contributed by atoms with Crippen molar-refractivity contribution in [2.45, 2.75) is 12.6 Å². The Labute approximate surface area is 152 Å². The summed E-state index contributed by atoms with van der Waals surface area (Å²) in [5.41, 5.74) is 3.67. The quantitative estimate of drug-likeness (QED) is 0.746. The van der Waals surface area contributed by atoms with Crippen LogP contribution in [-0.4, -0.2) is 22.5 Å². The molecule has 2 N–H and O–H groups in total. The van der Waals surface area contributed by atoms with Gasteiger partial charge in [0.25, 0.3) is 5.91 Å². The van der Waals surface area contributed by atoms with Crippen LogP contribution in [-0.2, 0) is 6.42 Å². The van der Waals surface area contributed by atoms with Gasteiger partial charge in [0.2, 0.25) is 0 Å². The van der Waals surface area contributed by atoms with Crippen LogP contribution in [0.15, 0.2) is 78.9 Å². The van der Waals surface area contributed by atoms with E-state index in [1.807, 2.05) is 59.5 Å². The fourth-order valence-corrected chi connectivity index (χ4v) is 3.34. The first kappa shape index (κ1) is 16.2. The van der Waals surface area contributed by atoms with E-state index >= 15 is 0 Å². The number of nitrogens with one attached hydrogen (secondary N) is 1. The molecule has 4 nitrogen and oxygen atoms in total. The van der Waals surface area contributed by atoms with Crippen molar-refractivity contribution in [3.63, 3.8) is 0 Å². The molecule has 4 rings (SSSR count). The summed E-state index contributed by atoms with van der Waals surface area (Å²) in [6.45, 7) is 0.607. The molecule has 1 amide bonds. The van der Waals surface area contributed by atoms with E-state index in [4.69, 9.17) is 0 Å². The van der Waals surface area contributed by atoms with Gasteiger partial charge < -0.3 is 15.3 Å². The van der Waals surface area contributed by atoms with Crippen molar-refractivity contribution in [3.8, 4) is 5.75 Å². The number of rotatable bonds is 4. The molecule has 1 aliphatic heterocycles. The Morgan fingerprint density at radius 2 is 1.58 bits per heavy atom. The van der Waals surface area contributed by atoms with Crippen LogP contribution in [0.3, 0.4) is 0 Å². The number of fused-ring (bicyclic) bond motifs is 1. The number of amides is 1. The Bertz CT molecular complexity index is 907. The summed E-state index contributed by atoms with van der Waals surface area (Å²) < 4.78 is 0. The number of anilines is 1. The number of phenols is 1. The van der Waals surface area contributed by atoms with Crippen molar-refractivity contribution >= 4 is 11.6 Å². The average molecular weight is 344 g/mol. The number of carbonyl (C=O) groups excluding carboxylic acids is 1. The van der Waals surface area contributed by atoms with Crippen LogP contribution in [0.1, 0.15) is 27.7 Å². The predicted molar refractivity (Wildman–Crippen MR) is 102 cm³/mol. The zero-order chi connectivity index (χ0) is 17.9. The van der Waals surface area contributed by atoms with Crippen molar-refractivity contribution < 1.29 is 9.90 Å². The van der Waals surface area contributed by atoms with Gasteiger partial charge in [-0.3, -0.25) is 4.79 Å². The smallest absolute Gasteiger partial charge is 0.257 e. The summed E-state index contributed by atoms with van der Waals surface area (Å²) in [6.07, 6.45) is 0.520. The molecule has 1 heterocycles. The maximum atomic E-state index is 13.1. The van der Waals surface area contributed by atoms with E-state index in [1.165, 1.54) is 5.56 Å². The molecular weight excluding hydrogens is 324 g/mol. The molecule has 0 aliphatic carbocycles. The Morgan fingerprint density at radius 1 is 0.885 bits per heavy atom. The van der Waals surface area contributed by atoms with Crippen molar-refractivity contribution in [3.05, 3.63) is 95.6 Å². The molecule has 0 saturated carbocycles. The second kappa shape index (κ2) is 6.92. The Morgan fingerprint density at radius 3 is 2.35 bits per heavy atom. The first-order chi connectivity index (χ1) is 12.7. The third-order valence-corrected chi connectivity index (χ3v) is 4.72. The van der Waals surface area contributed by atoms with Gasteiger partial charge in [-0.15, -0.1) is 0 Å². The van der Waals surface area contributed by atoms with E-state index < -0.39 is 0 Å². The topological polar surface area (TPSA) is 52.6 Å². The third-order valence-electron chi connectivity index (χ3n) is 4.72. The van der Waals surface area contributed by atoms with Gasteiger partial charge in [0, 0.05) is 12.2 Å². The van der Waals surface area contributed by atoms with Crippen LogP contribution >= 0.6 is 0 Å². The monoisotopic (exact) mass is 344 g/mol. The van der Waals surface area contributed by atoms with Gasteiger partial charge in [-0.05, 0) is 41.8 Å². The molecule has 1 atom stereocenters. The molecule has 3 aromatic rings. The highest BCUT2D eigenvalue weighted by atomic mass is 16.3. The standard InChI is InChI=1S/C22H20N2O2/c25-18-12-10-17(11-13-18)21-23-20-9-5-4-8-19(20)22(26)24(21)15-14-16-6-2-1-3-7-16/h1-13,21,23,25H,14-15H2/t21-/m0/s1. The fraction of sp³-hybridized carbons (Fsp3) is 0.136. The molecule has 26 heavy (non-hydrogen) atoms. The molecule has 0 radical (unpaired) electrons. The van der Waals surface area contributed by atoms with Gasteiger partial charge in [-0.1, -0.05) is 54.6 Å². The Balaban J connectivity index is 1.66. The van der Waals surface area contributed by atoms with E-state index in [1.54, 1.807) is 12.1 Å². The number of phenolic OH excluding ortho intramolecular Hbond substituents is 1. The van der Waals surface area contributed by atoms with E-state index in [0.29, 0.717) is 12.1 Å². The zero-order valence-corrected chi connectivity index (χ0v) is 14.3. The van der Waals surface area contributed by atoms with Crippen LogP contribution in [0.2, 0.25) is 0 Å². The Kier molecular flexibility index (Phi) is 4.32. The number of hydrogen-bond acceptors (Lipinski definition) is 3. The molecule has 0 bridgehead atoms. The molecule has 0 saturated heterocycles. The van der Waals surface area contributed by atoms with Crippen molar-refractivity contribution in [1.82, 2.24) is 4.90 Å². The van der Waals surface area contributed by atoms with Crippen LogP contribution in [0, 0.1) is 0 Å². The second-order valence-electron chi connectivity index (χ2n) is 6.42. The van der Waals surface area contributed by atoms with E-state index in [-0.39, 0.29) is 17.8 Å². The number of benzene rings is 3. The maximum Gasteiger partial charge on any atom is 0.257 e. The lowest BCUT2D eigenvalue weighted by Gasteiger charge is -2.38. The minimum Gasteiger partial charge on any atom is -0.508 e. The summed E-state index contributed by atoms with van der Waals surface area (Å²) in [7, 11) is 0. The van der Waals surface area contributed by atoms with Crippen molar-refractivity contribution in [1.29, 1.82) is 0 Å². The summed E-state index contributed by atoms with van der Waals surface area (Å²) in [6, 6.07) is 24.8. The minimum atomic E-state index is -0.262. The van der Waals surface area contributed by atoms with Crippen LogP contribution < -0.4 is 5.32 Å². The maximum absolute atomic E-state index is 13.1. The minimum absolute atomic E-state index is 0.0216. The van der Waals surface area contributed by atoms with E-state index in [2.05, 4.69) is 17.4 Å². The van der Waals surface area contributed by atoms with Gasteiger partial charge in [-0.2, -0.15) is 0 Å². The highest BCUT2D eigenvalue weighted by Crippen LogP contribution is 2.33. The molecule has 0 unspecified atom stereocenters. The van der Waals surface area contributed by atoms with Gasteiger partial charge in [0.05, 0.1) is 5.56 Å². The lowest BCUT2D eigenvalue weighted by molar-refractivity contribution is 0.0685. The van der Waals surface area contributed by atoms with Gasteiger partial charge >= 0.3 is 0 Å². The second-order valence-corrected chi connectivity index (χ2v) is 6.42. The molecular formula is C22H20N2O2. The fourth-order valence-electron chi connectivity index (χ4n) is 3.34. The summed E-state index contributed by atoms with van der Waals surface area (Å²) in [4.78, 5) is 15.0. The highest BCUT2D eigenvalue weighted by molar-refractivity contribution is 6.01. The molecule has 1 aliphatic rings. The van der Waals surface area contributed by atoms with Crippen LogP contribution in [0.5, 0.6) is 5.75 Å². The van der Waals surface area contributed by atoms with Crippen molar-refractivity contribution in [2.24, 2.45) is 0 Å². The molecule has 0 aromatic heterocycles. The van der Waals surface area contributed by atoms with Crippen LogP contribution in [0.4, 0.5) is 5.69 Å². The molecule has 0 fully saturated rings. The number of aromatic hydroxyl groups is 1. The van der Waals surface area contributed by atoms with Gasteiger partial charge in [-0.25, -0.2) is 0 Å². The number of carbonyl (C=O) groups is 1. The summed E-state index contributed by atoms with van der Waals surface area (Å²) >= 11 is 0. The van der Waals surface area contributed by atoms with Gasteiger partial charge in [0.15, 0.2) is 0 Å². The molecule has 130 valence electrons. The first-order valence-corrected chi connectivity index (χ1v) is 8.72. The normalized spacial score (nSPS) is 16.1. The molecule has 3 aromatic carbocycles. The molecule has 0 spiro atoms. The zero-order valence-electron chi connectivity index (χ0n) is 14.3. The Hall–Kier alpha value is -3.27. The lowest BCUT2D eigenvalue weighted by atomic mass is 10.0. The predicted octanol–water partition coefficient (Wildman–Crippen LogP) is 4.20. The number of hydrogen-bond donors (Lipinski definition) is 2. The van der Waals surface area contributed by atoms with Crippen molar-refractivity contribution in [2.75, 3.05) is 11.9 Å². The number of para-hydroxylation sites is 1. The lowest BCUT2D eigenvalue weighted by Crippen LogP contribution is -2.43. The van der Waals surface area contributed by atoms with E-state index in [9.17, 15) is 9.90 Å². The highest BCUT2D eigenvalue weighted by Gasteiger charge is 2.32. The SMILES string of the molecule is O=C1c2ccccc2N[C@H](c2ccc(O)cc2)N1CCc1ccccc1. The third kappa shape index (κ3) is 3.14. The van der Waals surface area contributed by atoms with Gasteiger partial charge in [0.1, 0.15) is 11.9 Å².